The third-order valence-electron chi connectivity index (χ3n) is 5.32. The molecule has 2 aromatic carbocycles. The highest BCUT2D eigenvalue weighted by Crippen LogP contribution is 2.38. The topological polar surface area (TPSA) is 86.5 Å². The van der Waals surface area contributed by atoms with Gasteiger partial charge in [0.05, 0.1) is 18.6 Å². The molecule has 1 unspecified atom stereocenters. The lowest BCUT2D eigenvalue weighted by molar-refractivity contribution is 0.0945. The summed E-state index contributed by atoms with van der Waals surface area (Å²) in [5, 5.41) is 3.26. The molecule has 1 atom stereocenters. The fourth-order valence-electron chi connectivity index (χ4n) is 3.27. The van der Waals surface area contributed by atoms with Gasteiger partial charge in [0.25, 0.3) is 5.91 Å². The highest BCUT2D eigenvalue weighted by molar-refractivity contribution is 7.15. The van der Waals surface area contributed by atoms with Crippen LogP contribution in [-0.2, 0) is 6.54 Å². The molecule has 3 N–H and O–H groups in total. The van der Waals surface area contributed by atoms with Crippen LogP contribution in [0, 0.1) is 17.6 Å². The Bertz CT molecular complexity index is 1160. The van der Waals surface area contributed by atoms with Crippen molar-refractivity contribution in [2.45, 2.75) is 32.4 Å². The predicted octanol–water partition coefficient (Wildman–Crippen LogP) is 4.84. The van der Waals surface area contributed by atoms with E-state index in [1.54, 1.807) is 14.0 Å². The number of nitrogens with one attached hydrogen (secondary N) is 1. The van der Waals surface area contributed by atoms with Crippen LogP contribution >= 0.6 is 11.3 Å². The van der Waals surface area contributed by atoms with E-state index in [0.29, 0.717) is 33.9 Å². The van der Waals surface area contributed by atoms with E-state index < -0.39 is 23.6 Å². The van der Waals surface area contributed by atoms with Crippen molar-refractivity contribution in [2.24, 2.45) is 11.7 Å². The lowest BCUT2D eigenvalue weighted by Gasteiger charge is -2.11. The monoisotopic (exact) mass is 473 g/mol. The smallest absolute Gasteiger partial charge is 0.271 e. The Balaban J connectivity index is 1.56. The number of nitrogens with two attached hydrogens (primary N) is 1. The van der Waals surface area contributed by atoms with Crippen molar-refractivity contribution in [3.05, 3.63) is 64.2 Å². The summed E-state index contributed by atoms with van der Waals surface area (Å²) in [4.78, 5) is 18.0. The van der Waals surface area contributed by atoms with Gasteiger partial charge in [-0.15, -0.1) is 11.3 Å². The van der Waals surface area contributed by atoms with Crippen LogP contribution in [0.15, 0.2) is 36.4 Å². The molecule has 4 rings (SSSR count). The molecule has 0 radical (unpaired) electrons. The number of hydrogen-bond donors (Lipinski definition) is 2. The SMILES string of the molecule is COc1ccc(-c2nc(C(=O)NCc3ccc(F)cc3F)c(C(C)N)s2)cc1OCC1CC1. The summed E-state index contributed by atoms with van der Waals surface area (Å²) < 4.78 is 38.4. The van der Waals surface area contributed by atoms with E-state index in [9.17, 15) is 13.6 Å². The van der Waals surface area contributed by atoms with Gasteiger partial charge in [0.2, 0.25) is 0 Å². The van der Waals surface area contributed by atoms with Crippen molar-refractivity contribution in [1.29, 1.82) is 0 Å². The summed E-state index contributed by atoms with van der Waals surface area (Å²) in [7, 11) is 1.59. The first-order valence-electron chi connectivity index (χ1n) is 10.7. The minimum Gasteiger partial charge on any atom is -0.493 e. The molecule has 174 valence electrons. The summed E-state index contributed by atoms with van der Waals surface area (Å²) >= 11 is 1.32. The number of methoxy groups -OCH3 is 1. The quantitative estimate of drug-likeness (QED) is 0.465. The minimum atomic E-state index is -0.723. The van der Waals surface area contributed by atoms with Gasteiger partial charge in [-0.1, -0.05) is 6.07 Å². The number of benzene rings is 2. The zero-order valence-electron chi connectivity index (χ0n) is 18.4. The van der Waals surface area contributed by atoms with Crippen molar-refractivity contribution in [1.82, 2.24) is 10.3 Å². The van der Waals surface area contributed by atoms with E-state index in [1.165, 1.54) is 30.2 Å². The van der Waals surface area contributed by atoms with E-state index >= 15 is 0 Å². The number of hydrogen-bond acceptors (Lipinski definition) is 6. The molecular formula is C24H25F2N3O3S. The van der Waals surface area contributed by atoms with Crippen molar-refractivity contribution < 1.29 is 23.0 Å². The Morgan fingerprint density at radius 2 is 2.03 bits per heavy atom. The molecule has 1 fully saturated rings. The van der Waals surface area contributed by atoms with Crippen LogP contribution in [0.25, 0.3) is 10.6 Å². The number of carbonyl (C=O) groups is 1. The first kappa shape index (κ1) is 23.1. The zero-order valence-corrected chi connectivity index (χ0v) is 19.2. The first-order chi connectivity index (χ1) is 15.9. The van der Waals surface area contributed by atoms with Crippen molar-refractivity contribution in [2.75, 3.05) is 13.7 Å². The summed E-state index contributed by atoms with van der Waals surface area (Å²) in [5.41, 5.74) is 7.23. The molecule has 1 aliphatic carbocycles. The number of carbonyl (C=O) groups excluding carboxylic acids is 1. The summed E-state index contributed by atoms with van der Waals surface area (Å²) in [6, 6.07) is 8.30. The average molecular weight is 474 g/mol. The molecule has 1 heterocycles. The number of rotatable bonds is 9. The maximum Gasteiger partial charge on any atom is 0.271 e. The van der Waals surface area contributed by atoms with E-state index in [2.05, 4.69) is 10.3 Å². The third-order valence-corrected chi connectivity index (χ3v) is 6.62. The number of nitrogens with zero attached hydrogens (tertiary/aromatic N) is 1. The van der Waals surface area contributed by atoms with Gasteiger partial charge < -0.3 is 20.5 Å². The summed E-state index contributed by atoms with van der Waals surface area (Å²) in [6.07, 6.45) is 2.35. The fourth-order valence-corrected chi connectivity index (χ4v) is 4.28. The Hall–Kier alpha value is -3.04. The molecule has 0 bridgehead atoms. The maximum atomic E-state index is 13.9. The minimum absolute atomic E-state index is 0.0993. The van der Waals surface area contributed by atoms with Crippen molar-refractivity contribution in [3.8, 4) is 22.1 Å². The number of ether oxygens (including phenoxy) is 2. The molecular weight excluding hydrogens is 448 g/mol. The Morgan fingerprint density at radius 3 is 2.70 bits per heavy atom. The molecule has 0 spiro atoms. The molecule has 3 aromatic rings. The Morgan fingerprint density at radius 1 is 1.24 bits per heavy atom. The van der Waals surface area contributed by atoms with Gasteiger partial charge in [0, 0.05) is 29.8 Å². The van der Waals surface area contributed by atoms with Crippen LogP contribution in [0.1, 0.15) is 46.7 Å². The van der Waals surface area contributed by atoms with Gasteiger partial charge >= 0.3 is 0 Å². The normalized spacial score (nSPS) is 14.1. The van der Waals surface area contributed by atoms with Crippen LogP contribution in [-0.4, -0.2) is 24.6 Å². The number of amides is 1. The van der Waals surface area contributed by atoms with Crippen LogP contribution in [0.2, 0.25) is 0 Å². The molecule has 1 saturated carbocycles. The van der Waals surface area contributed by atoms with Gasteiger partial charge in [-0.3, -0.25) is 4.79 Å². The highest BCUT2D eigenvalue weighted by atomic mass is 32.1. The largest absolute Gasteiger partial charge is 0.493 e. The molecule has 33 heavy (non-hydrogen) atoms. The van der Waals surface area contributed by atoms with E-state index in [4.69, 9.17) is 15.2 Å². The zero-order chi connectivity index (χ0) is 23.5. The molecule has 0 saturated heterocycles. The summed E-state index contributed by atoms with van der Waals surface area (Å²) in [5.74, 6) is -0.0409. The lowest BCUT2D eigenvalue weighted by Crippen LogP contribution is -2.25. The highest BCUT2D eigenvalue weighted by Gasteiger charge is 2.24. The van der Waals surface area contributed by atoms with Crippen LogP contribution in [0.3, 0.4) is 0 Å². The molecule has 6 nitrogen and oxygen atoms in total. The van der Waals surface area contributed by atoms with Crippen LogP contribution in [0.5, 0.6) is 11.5 Å². The second-order valence-corrected chi connectivity index (χ2v) is 9.09. The lowest BCUT2D eigenvalue weighted by atomic mass is 10.2. The van der Waals surface area contributed by atoms with Crippen LogP contribution in [0.4, 0.5) is 8.78 Å². The molecule has 9 heteroatoms. The van der Waals surface area contributed by atoms with Gasteiger partial charge in [-0.25, -0.2) is 13.8 Å². The first-order valence-corrected chi connectivity index (χ1v) is 11.5. The van der Waals surface area contributed by atoms with Crippen molar-refractivity contribution in [3.63, 3.8) is 0 Å². The number of thiazole rings is 1. The van der Waals surface area contributed by atoms with Crippen LogP contribution < -0.4 is 20.5 Å². The molecule has 1 aliphatic rings. The number of aromatic nitrogens is 1. The standard InChI is InChI=1S/C24H25F2N3O3S/c1-13(27)22-21(23(30)28-11-16-5-7-17(25)10-18(16)26)29-24(33-22)15-6-8-19(31-2)20(9-15)32-12-14-3-4-14/h5-10,13-14H,3-4,11-12,27H2,1-2H3,(H,28,30). The second kappa shape index (κ2) is 9.84. The molecule has 0 aliphatic heterocycles. The maximum absolute atomic E-state index is 13.9. The fraction of sp³-hybridized carbons (Fsp3) is 0.333. The average Bonchev–Trinajstić information content (AvgIpc) is 3.51. The van der Waals surface area contributed by atoms with Crippen molar-refractivity contribution >= 4 is 17.2 Å². The van der Waals surface area contributed by atoms with E-state index in [1.807, 2.05) is 18.2 Å². The second-order valence-electron chi connectivity index (χ2n) is 8.06. The van der Waals surface area contributed by atoms with E-state index in [-0.39, 0.29) is 17.8 Å². The number of halogens is 2. The predicted molar refractivity (Wildman–Crippen MR) is 122 cm³/mol. The summed E-state index contributed by atoms with van der Waals surface area (Å²) in [6.45, 7) is 2.31. The Kier molecular flexibility index (Phi) is 6.90. The van der Waals surface area contributed by atoms with Gasteiger partial charge in [-0.05, 0) is 49.9 Å². The van der Waals surface area contributed by atoms with Gasteiger partial charge in [-0.2, -0.15) is 0 Å². The molecule has 1 amide bonds. The molecule has 1 aromatic heterocycles. The van der Waals surface area contributed by atoms with E-state index in [0.717, 1.165) is 17.7 Å². The van der Waals surface area contributed by atoms with Gasteiger partial charge in [0.1, 0.15) is 22.3 Å². The third kappa shape index (κ3) is 5.48. The Labute approximate surface area is 194 Å². The van der Waals surface area contributed by atoms with Gasteiger partial charge in [0.15, 0.2) is 11.5 Å².